The van der Waals surface area contributed by atoms with Crippen LogP contribution in [0, 0.1) is 5.41 Å². The van der Waals surface area contributed by atoms with Gasteiger partial charge in [-0.3, -0.25) is 9.78 Å². The maximum atomic E-state index is 11.9. The smallest absolute Gasteiger partial charge is 0.228 e. The lowest BCUT2D eigenvalue weighted by Crippen LogP contribution is -2.38. The van der Waals surface area contributed by atoms with Gasteiger partial charge in [0.15, 0.2) is 0 Å². The lowest BCUT2D eigenvalue weighted by Gasteiger charge is -2.17. The second kappa shape index (κ2) is 4.22. The quantitative estimate of drug-likeness (QED) is 0.793. The molecule has 1 aliphatic rings. The number of carbonyl (C=O) groups excluding carboxylic acids is 1. The Morgan fingerprint density at radius 3 is 2.88 bits per heavy atom. The minimum absolute atomic E-state index is 0.0577. The molecule has 1 atom stereocenters. The molecule has 1 heterocycles. The fraction of sp³-hybridized carbons (Fsp3) is 0.500. The molecule has 4 nitrogen and oxygen atoms in total. The number of nitrogens with zero attached hydrogens (tertiary/aromatic N) is 1. The summed E-state index contributed by atoms with van der Waals surface area (Å²) in [6.07, 6.45) is 3.54. The third kappa shape index (κ3) is 2.07. The van der Waals surface area contributed by atoms with E-state index in [1.165, 1.54) is 0 Å². The summed E-state index contributed by atoms with van der Waals surface area (Å²) in [6, 6.07) is 5.63. The Morgan fingerprint density at radius 2 is 2.38 bits per heavy atom. The molecule has 0 radical (unpaired) electrons. The maximum Gasteiger partial charge on any atom is 0.228 e. The molecule has 0 aliphatic heterocycles. The van der Waals surface area contributed by atoms with Gasteiger partial charge in [0.05, 0.1) is 17.2 Å². The third-order valence-corrected chi connectivity index (χ3v) is 3.20. The summed E-state index contributed by atoms with van der Waals surface area (Å²) in [6.45, 7) is 2.38. The van der Waals surface area contributed by atoms with E-state index >= 15 is 0 Å². The van der Waals surface area contributed by atoms with Gasteiger partial charge in [0.2, 0.25) is 5.91 Å². The zero-order valence-corrected chi connectivity index (χ0v) is 9.44. The predicted octanol–water partition coefficient (Wildman–Crippen LogP) is 0.998. The highest BCUT2D eigenvalue weighted by atomic mass is 16.2. The fourth-order valence-electron chi connectivity index (χ4n) is 1.73. The van der Waals surface area contributed by atoms with E-state index < -0.39 is 0 Å². The van der Waals surface area contributed by atoms with Crippen molar-refractivity contribution in [3.8, 4) is 0 Å². The Balaban J connectivity index is 1.98. The highest BCUT2D eigenvalue weighted by Gasteiger charge is 2.48. The first-order chi connectivity index (χ1) is 7.68. The summed E-state index contributed by atoms with van der Waals surface area (Å²) in [7, 11) is 0. The number of amides is 1. The van der Waals surface area contributed by atoms with Gasteiger partial charge in [-0.15, -0.1) is 0 Å². The molecule has 0 saturated heterocycles. The van der Waals surface area contributed by atoms with E-state index in [0.29, 0.717) is 6.54 Å². The van der Waals surface area contributed by atoms with Crippen LogP contribution < -0.4 is 11.1 Å². The van der Waals surface area contributed by atoms with Gasteiger partial charge in [-0.1, -0.05) is 6.07 Å². The maximum absolute atomic E-state index is 11.9. The van der Waals surface area contributed by atoms with Gasteiger partial charge in [-0.25, -0.2) is 0 Å². The van der Waals surface area contributed by atoms with Crippen molar-refractivity contribution in [3.63, 3.8) is 0 Å². The van der Waals surface area contributed by atoms with Gasteiger partial charge < -0.3 is 11.1 Å². The number of hydrogen-bond acceptors (Lipinski definition) is 3. The first-order valence-electron chi connectivity index (χ1n) is 5.60. The number of nitrogens with one attached hydrogen (secondary N) is 1. The van der Waals surface area contributed by atoms with Gasteiger partial charge in [-0.2, -0.15) is 0 Å². The summed E-state index contributed by atoms with van der Waals surface area (Å²) >= 11 is 0. The van der Waals surface area contributed by atoms with Crippen molar-refractivity contribution in [2.75, 3.05) is 6.54 Å². The second-order valence-electron chi connectivity index (χ2n) is 4.43. The van der Waals surface area contributed by atoms with Crippen LogP contribution in [0.3, 0.4) is 0 Å². The minimum Gasteiger partial charge on any atom is -0.347 e. The molecule has 1 amide bonds. The first-order valence-corrected chi connectivity index (χ1v) is 5.60. The van der Waals surface area contributed by atoms with Crippen LogP contribution in [-0.2, 0) is 4.79 Å². The summed E-state index contributed by atoms with van der Waals surface area (Å²) in [5, 5.41) is 2.97. The third-order valence-electron chi connectivity index (χ3n) is 3.20. The van der Waals surface area contributed by atoms with Crippen LogP contribution in [-0.4, -0.2) is 17.4 Å². The molecule has 1 aromatic heterocycles. The van der Waals surface area contributed by atoms with E-state index in [-0.39, 0.29) is 17.4 Å². The lowest BCUT2D eigenvalue weighted by molar-refractivity contribution is -0.126. The van der Waals surface area contributed by atoms with Gasteiger partial charge in [0.25, 0.3) is 0 Å². The van der Waals surface area contributed by atoms with Gasteiger partial charge in [0.1, 0.15) is 0 Å². The molecular formula is C12H17N3O. The summed E-state index contributed by atoms with van der Waals surface area (Å²) < 4.78 is 0. The summed E-state index contributed by atoms with van der Waals surface area (Å²) in [5.41, 5.74) is 6.20. The number of nitrogens with two attached hydrogens (primary N) is 1. The Bertz CT molecular complexity index is 373. The normalized spacial score (nSPS) is 18.9. The molecule has 86 valence electrons. The molecule has 16 heavy (non-hydrogen) atoms. The average molecular weight is 219 g/mol. The van der Waals surface area contributed by atoms with Crippen molar-refractivity contribution in [2.24, 2.45) is 11.1 Å². The van der Waals surface area contributed by atoms with Crippen molar-refractivity contribution < 1.29 is 4.79 Å². The molecule has 1 aromatic rings. The largest absolute Gasteiger partial charge is 0.347 e. The molecule has 1 saturated carbocycles. The van der Waals surface area contributed by atoms with Gasteiger partial charge >= 0.3 is 0 Å². The molecule has 0 spiro atoms. The van der Waals surface area contributed by atoms with Gasteiger partial charge in [-0.05, 0) is 31.9 Å². The number of pyridine rings is 1. The Labute approximate surface area is 95.3 Å². The molecule has 0 aromatic carbocycles. The number of carbonyl (C=O) groups is 1. The fourth-order valence-corrected chi connectivity index (χ4v) is 1.73. The highest BCUT2D eigenvalue weighted by Crippen LogP contribution is 2.44. The summed E-state index contributed by atoms with van der Waals surface area (Å²) in [5.74, 6) is 0.0631. The molecule has 4 heteroatoms. The van der Waals surface area contributed by atoms with Crippen LogP contribution in [0.2, 0.25) is 0 Å². The SMILES string of the molecule is C[C@@H](NC(=O)C1(CN)CC1)c1ccccn1. The monoisotopic (exact) mass is 219 g/mol. The van der Waals surface area contributed by atoms with E-state index in [1.807, 2.05) is 25.1 Å². The van der Waals surface area contributed by atoms with E-state index in [4.69, 9.17) is 5.73 Å². The van der Waals surface area contributed by atoms with E-state index in [1.54, 1.807) is 6.20 Å². The minimum atomic E-state index is -0.289. The molecule has 3 N–H and O–H groups in total. The second-order valence-corrected chi connectivity index (χ2v) is 4.43. The molecular weight excluding hydrogens is 202 g/mol. The zero-order valence-electron chi connectivity index (χ0n) is 9.44. The number of hydrogen-bond donors (Lipinski definition) is 2. The highest BCUT2D eigenvalue weighted by molar-refractivity contribution is 5.85. The van der Waals surface area contributed by atoms with Crippen molar-refractivity contribution >= 4 is 5.91 Å². The number of rotatable bonds is 4. The van der Waals surface area contributed by atoms with Crippen LogP contribution in [0.5, 0.6) is 0 Å². The van der Waals surface area contributed by atoms with Crippen molar-refractivity contribution in [3.05, 3.63) is 30.1 Å². The first kappa shape index (κ1) is 11.1. The van der Waals surface area contributed by atoms with Gasteiger partial charge in [0, 0.05) is 12.7 Å². The standard InChI is InChI=1S/C12H17N3O/c1-9(10-4-2-3-7-14-10)15-11(16)12(8-13)5-6-12/h2-4,7,9H,5-6,8,13H2,1H3,(H,15,16)/t9-/m1/s1. The van der Waals surface area contributed by atoms with E-state index in [2.05, 4.69) is 10.3 Å². The van der Waals surface area contributed by atoms with Crippen LogP contribution in [0.1, 0.15) is 31.5 Å². The molecule has 0 bridgehead atoms. The van der Waals surface area contributed by atoms with Crippen molar-refractivity contribution in [1.29, 1.82) is 0 Å². The Morgan fingerprint density at radius 1 is 1.62 bits per heavy atom. The topological polar surface area (TPSA) is 68.0 Å². The van der Waals surface area contributed by atoms with Crippen molar-refractivity contribution in [1.82, 2.24) is 10.3 Å². The van der Waals surface area contributed by atoms with Crippen LogP contribution in [0.4, 0.5) is 0 Å². The average Bonchev–Trinajstić information content (AvgIpc) is 3.11. The number of aromatic nitrogens is 1. The molecule has 1 fully saturated rings. The molecule has 2 rings (SSSR count). The van der Waals surface area contributed by atoms with Crippen LogP contribution >= 0.6 is 0 Å². The van der Waals surface area contributed by atoms with E-state index in [9.17, 15) is 4.79 Å². The zero-order chi connectivity index (χ0) is 11.6. The van der Waals surface area contributed by atoms with Crippen LogP contribution in [0.25, 0.3) is 0 Å². The Kier molecular flexibility index (Phi) is 2.92. The summed E-state index contributed by atoms with van der Waals surface area (Å²) in [4.78, 5) is 16.1. The van der Waals surface area contributed by atoms with Crippen molar-refractivity contribution in [2.45, 2.75) is 25.8 Å². The molecule has 0 unspecified atom stereocenters. The Hall–Kier alpha value is -1.42. The van der Waals surface area contributed by atoms with E-state index in [0.717, 1.165) is 18.5 Å². The lowest BCUT2D eigenvalue weighted by atomic mass is 10.1. The molecule has 1 aliphatic carbocycles. The van der Waals surface area contributed by atoms with Crippen LogP contribution in [0.15, 0.2) is 24.4 Å². The predicted molar refractivity (Wildman–Crippen MR) is 61.5 cm³/mol.